The van der Waals surface area contributed by atoms with Crippen molar-refractivity contribution < 1.29 is 19.4 Å². The standard InChI is InChI=1S/C12H15NO4/c1-8(14)10(12(16)17-2)13-11(15)9-6-4-3-5-7-9/h3-8,10,14H,1-2H3,(H,13,15)/t8-,10?/m1/s1. The number of ether oxygens (including phenoxy) is 1. The summed E-state index contributed by atoms with van der Waals surface area (Å²) in [5.74, 6) is -1.11. The summed E-state index contributed by atoms with van der Waals surface area (Å²) in [6.07, 6.45) is -1.02. The fraction of sp³-hybridized carbons (Fsp3) is 0.333. The van der Waals surface area contributed by atoms with Crippen LogP contribution in [0.4, 0.5) is 0 Å². The van der Waals surface area contributed by atoms with Gasteiger partial charge in [0, 0.05) is 5.56 Å². The van der Waals surface area contributed by atoms with Crippen molar-refractivity contribution in [2.45, 2.75) is 19.1 Å². The highest BCUT2D eigenvalue weighted by Crippen LogP contribution is 2.02. The minimum Gasteiger partial charge on any atom is -0.467 e. The van der Waals surface area contributed by atoms with Crippen LogP contribution < -0.4 is 5.32 Å². The number of carbonyl (C=O) groups excluding carboxylic acids is 2. The molecule has 1 aromatic carbocycles. The normalized spacial score (nSPS) is 13.6. The van der Waals surface area contributed by atoms with Gasteiger partial charge >= 0.3 is 5.97 Å². The van der Waals surface area contributed by atoms with Crippen LogP contribution in [-0.4, -0.2) is 36.2 Å². The van der Waals surface area contributed by atoms with E-state index >= 15 is 0 Å². The molecule has 5 nitrogen and oxygen atoms in total. The lowest BCUT2D eigenvalue weighted by Gasteiger charge is -2.18. The Morgan fingerprint density at radius 1 is 1.29 bits per heavy atom. The molecule has 92 valence electrons. The number of aliphatic hydroxyl groups is 1. The van der Waals surface area contributed by atoms with Crippen LogP contribution in [0.2, 0.25) is 0 Å². The van der Waals surface area contributed by atoms with Gasteiger partial charge in [0.2, 0.25) is 0 Å². The first-order valence-electron chi connectivity index (χ1n) is 5.18. The van der Waals surface area contributed by atoms with Crippen LogP contribution in [0, 0.1) is 0 Å². The Bertz CT molecular complexity index is 389. The number of amides is 1. The summed E-state index contributed by atoms with van der Waals surface area (Å²) in [6, 6.07) is 7.38. The van der Waals surface area contributed by atoms with Crippen LogP contribution in [0.1, 0.15) is 17.3 Å². The van der Waals surface area contributed by atoms with Gasteiger partial charge in [-0.25, -0.2) is 4.79 Å². The monoisotopic (exact) mass is 237 g/mol. The Kier molecular flexibility index (Phi) is 4.66. The van der Waals surface area contributed by atoms with E-state index in [9.17, 15) is 14.7 Å². The van der Waals surface area contributed by atoms with Crippen LogP contribution in [0.15, 0.2) is 30.3 Å². The molecule has 0 radical (unpaired) electrons. The van der Waals surface area contributed by atoms with E-state index in [1.807, 2.05) is 0 Å². The van der Waals surface area contributed by atoms with Crippen molar-refractivity contribution in [1.82, 2.24) is 5.32 Å². The van der Waals surface area contributed by atoms with Crippen LogP contribution in [0.25, 0.3) is 0 Å². The highest BCUT2D eigenvalue weighted by molar-refractivity contribution is 5.96. The molecule has 1 aromatic rings. The number of hydrogen-bond donors (Lipinski definition) is 2. The summed E-state index contributed by atoms with van der Waals surface area (Å²) >= 11 is 0. The van der Waals surface area contributed by atoms with E-state index < -0.39 is 24.0 Å². The molecule has 0 fully saturated rings. The number of aliphatic hydroxyl groups excluding tert-OH is 1. The predicted octanol–water partition coefficient (Wildman–Crippen LogP) is 0.339. The molecule has 0 aromatic heterocycles. The second-order valence-corrected chi connectivity index (χ2v) is 3.58. The predicted molar refractivity (Wildman–Crippen MR) is 61.4 cm³/mol. The van der Waals surface area contributed by atoms with Crippen molar-refractivity contribution in [2.24, 2.45) is 0 Å². The first-order chi connectivity index (χ1) is 8.06. The average Bonchev–Trinajstić information content (AvgIpc) is 2.35. The summed E-state index contributed by atoms with van der Waals surface area (Å²) in [5, 5.41) is 11.8. The Labute approximate surface area is 99.4 Å². The first kappa shape index (κ1) is 13.2. The molecular weight excluding hydrogens is 222 g/mol. The zero-order valence-electron chi connectivity index (χ0n) is 9.71. The minimum atomic E-state index is -1.06. The zero-order chi connectivity index (χ0) is 12.8. The Balaban J connectivity index is 2.75. The smallest absolute Gasteiger partial charge is 0.331 e. The van der Waals surface area contributed by atoms with Gasteiger partial charge in [0.1, 0.15) is 0 Å². The van der Waals surface area contributed by atoms with E-state index in [0.717, 1.165) is 0 Å². The molecule has 1 unspecified atom stereocenters. The lowest BCUT2D eigenvalue weighted by atomic mass is 10.1. The lowest BCUT2D eigenvalue weighted by molar-refractivity contribution is -0.145. The van der Waals surface area contributed by atoms with Crippen LogP contribution in [0.3, 0.4) is 0 Å². The molecule has 0 saturated carbocycles. The van der Waals surface area contributed by atoms with E-state index in [0.29, 0.717) is 5.56 Å². The number of methoxy groups -OCH3 is 1. The van der Waals surface area contributed by atoms with Crippen LogP contribution in [-0.2, 0) is 9.53 Å². The molecule has 2 N–H and O–H groups in total. The van der Waals surface area contributed by atoms with E-state index in [-0.39, 0.29) is 0 Å². The maximum atomic E-state index is 11.7. The number of hydrogen-bond acceptors (Lipinski definition) is 4. The molecule has 1 amide bonds. The van der Waals surface area contributed by atoms with Crippen LogP contribution in [0.5, 0.6) is 0 Å². The summed E-state index contributed by atoms with van der Waals surface area (Å²) in [7, 11) is 1.20. The third-order valence-corrected chi connectivity index (χ3v) is 2.26. The van der Waals surface area contributed by atoms with E-state index in [1.165, 1.54) is 14.0 Å². The summed E-state index contributed by atoms with van der Waals surface area (Å²) in [6.45, 7) is 1.41. The van der Waals surface area contributed by atoms with Gasteiger partial charge in [-0.3, -0.25) is 4.79 Å². The highest BCUT2D eigenvalue weighted by atomic mass is 16.5. The minimum absolute atomic E-state index is 0.419. The molecule has 0 saturated heterocycles. The fourth-order valence-electron chi connectivity index (χ4n) is 1.32. The van der Waals surface area contributed by atoms with Gasteiger partial charge in [-0.15, -0.1) is 0 Å². The molecule has 0 spiro atoms. The van der Waals surface area contributed by atoms with Crippen molar-refractivity contribution in [2.75, 3.05) is 7.11 Å². The quantitative estimate of drug-likeness (QED) is 0.740. The average molecular weight is 237 g/mol. The molecule has 5 heteroatoms. The van der Waals surface area contributed by atoms with Gasteiger partial charge in [0.05, 0.1) is 13.2 Å². The molecular formula is C12H15NO4. The second kappa shape index (κ2) is 6.00. The Morgan fingerprint density at radius 3 is 2.35 bits per heavy atom. The molecule has 0 aliphatic carbocycles. The number of rotatable bonds is 4. The van der Waals surface area contributed by atoms with Gasteiger partial charge in [-0.05, 0) is 19.1 Å². The second-order valence-electron chi connectivity index (χ2n) is 3.58. The molecule has 0 aliphatic rings. The number of carbonyl (C=O) groups is 2. The molecule has 0 aliphatic heterocycles. The van der Waals surface area contributed by atoms with E-state index in [4.69, 9.17) is 0 Å². The van der Waals surface area contributed by atoms with E-state index in [1.54, 1.807) is 30.3 Å². The summed E-state index contributed by atoms with van der Waals surface area (Å²) in [5.41, 5.74) is 0.419. The maximum Gasteiger partial charge on any atom is 0.331 e. The number of nitrogens with one attached hydrogen (secondary N) is 1. The van der Waals surface area contributed by atoms with Gasteiger partial charge in [0.15, 0.2) is 6.04 Å². The van der Waals surface area contributed by atoms with Crippen molar-refractivity contribution >= 4 is 11.9 Å². The van der Waals surface area contributed by atoms with Crippen molar-refractivity contribution in [3.63, 3.8) is 0 Å². The van der Waals surface area contributed by atoms with Gasteiger partial charge < -0.3 is 15.2 Å². The van der Waals surface area contributed by atoms with Gasteiger partial charge in [-0.2, -0.15) is 0 Å². The van der Waals surface area contributed by atoms with E-state index in [2.05, 4.69) is 10.1 Å². The Hall–Kier alpha value is -1.88. The SMILES string of the molecule is COC(=O)C(NC(=O)c1ccccc1)[C@@H](C)O. The summed E-state index contributed by atoms with van der Waals surface area (Å²) in [4.78, 5) is 23.1. The highest BCUT2D eigenvalue weighted by Gasteiger charge is 2.26. The molecule has 17 heavy (non-hydrogen) atoms. The third kappa shape index (κ3) is 3.57. The largest absolute Gasteiger partial charge is 0.467 e. The van der Waals surface area contributed by atoms with Crippen molar-refractivity contribution in [1.29, 1.82) is 0 Å². The summed E-state index contributed by atoms with van der Waals surface area (Å²) < 4.78 is 4.50. The lowest BCUT2D eigenvalue weighted by Crippen LogP contribution is -2.48. The van der Waals surface area contributed by atoms with Crippen molar-refractivity contribution in [3.05, 3.63) is 35.9 Å². The number of esters is 1. The molecule has 2 atom stereocenters. The van der Waals surface area contributed by atoms with Gasteiger partial charge in [-0.1, -0.05) is 18.2 Å². The third-order valence-electron chi connectivity index (χ3n) is 2.26. The number of benzene rings is 1. The Morgan fingerprint density at radius 2 is 1.88 bits per heavy atom. The molecule has 0 bridgehead atoms. The molecule has 1 rings (SSSR count). The zero-order valence-corrected chi connectivity index (χ0v) is 9.71. The fourth-order valence-corrected chi connectivity index (χ4v) is 1.32. The van der Waals surface area contributed by atoms with Crippen molar-refractivity contribution in [3.8, 4) is 0 Å². The van der Waals surface area contributed by atoms with Crippen LogP contribution >= 0.6 is 0 Å². The first-order valence-corrected chi connectivity index (χ1v) is 5.18. The molecule has 0 heterocycles. The maximum absolute atomic E-state index is 11.7. The van der Waals surface area contributed by atoms with Gasteiger partial charge in [0.25, 0.3) is 5.91 Å². The topological polar surface area (TPSA) is 75.6 Å².